The van der Waals surface area contributed by atoms with E-state index in [1.807, 2.05) is 12.1 Å². The fourth-order valence-electron chi connectivity index (χ4n) is 4.43. The van der Waals surface area contributed by atoms with E-state index < -0.39 is 24.1 Å². The quantitative estimate of drug-likeness (QED) is 0.639. The molecule has 5 rings (SSSR count). The number of fused-ring (bicyclic) bond motifs is 5. The van der Waals surface area contributed by atoms with Crippen LogP contribution in [0.3, 0.4) is 0 Å². The predicted molar refractivity (Wildman–Crippen MR) is 103 cm³/mol. The van der Waals surface area contributed by atoms with Crippen molar-refractivity contribution in [2.24, 2.45) is 0 Å². The third-order valence-electron chi connectivity index (χ3n) is 5.65. The summed E-state index contributed by atoms with van der Waals surface area (Å²) >= 11 is 0. The lowest BCUT2D eigenvalue weighted by atomic mass is 9.87. The number of rotatable bonds is 4. The van der Waals surface area contributed by atoms with E-state index in [2.05, 4.69) is 22.1 Å². The van der Waals surface area contributed by atoms with Crippen molar-refractivity contribution in [2.45, 2.75) is 30.5 Å². The molecule has 1 saturated carbocycles. The maximum Gasteiger partial charge on any atom is 0.357 e. The number of carbonyl (C=O) groups excluding carboxylic acids is 2. The minimum absolute atomic E-state index is 0.00889. The largest absolute Gasteiger partial charge is 0.453 e. The van der Waals surface area contributed by atoms with Gasteiger partial charge in [-0.15, -0.1) is 0 Å². The maximum absolute atomic E-state index is 12.7. The summed E-state index contributed by atoms with van der Waals surface area (Å²) in [6, 6.07) is 18.2. The predicted octanol–water partition coefficient (Wildman–Crippen LogP) is 3.51. The van der Waals surface area contributed by atoms with Crippen LogP contribution in [0.1, 0.15) is 50.4 Å². The third kappa shape index (κ3) is 3.06. The first-order valence-corrected chi connectivity index (χ1v) is 9.55. The number of nitrogens with zero attached hydrogens (tertiary/aromatic N) is 2. The first-order chi connectivity index (χ1) is 14.2. The first-order valence-electron chi connectivity index (χ1n) is 9.55. The highest BCUT2D eigenvalue weighted by Crippen LogP contribution is 2.55. The SMILES string of the molecule is O=C(OC1C2CC(c3ccccc32)C1OC(=O)c1ccccn1)c1ccccn1. The Morgan fingerprint density at radius 1 is 0.690 bits per heavy atom. The van der Waals surface area contributed by atoms with E-state index in [1.54, 1.807) is 48.8 Å². The van der Waals surface area contributed by atoms with E-state index in [0.29, 0.717) is 0 Å². The van der Waals surface area contributed by atoms with Crippen molar-refractivity contribution in [3.8, 4) is 0 Å². The summed E-state index contributed by atoms with van der Waals surface area (Å²) in [4.78, 5) is 33.4. The van der Waals surface area contributed by atoms with Crippen molar-refractivity contribution in [2.75, 3.05) is 0 Å². The van der Waals surface area contributed by atoms with Crippen LogP contribution in [-0.2, 0) is 9.47 Å². The molecular weight excluding hydrogens is 368 g/mol. The first kappa shape index (κ1) is 17.6. The molecule has 2 heterocycles. The zero-order valence-corrected chi connectivity index (χ0v) is 15.5. The molecule has 144 valence electrons. The number of ether oxygens (including phenoxy) is 2. The molecule has 0 saturated heterocycles. The Kier molecular flexibility index (Phi) is 4.31. The van der Waals surface area contributed by atoms with Gasteiger partial charge in [-0.25, -0.2) is 19.6 Å². The van der Waals surface area contributed by atoms with Gasteiger partial charge in [0.05, 0.1) is 0 Å². The second-order valence-corrected chi connectivity index (χ2v) is 7.25. The van der Waals surface area contributed by atoms with E-state index in [-0.39, 0.29) is 23.2 Å². The van der Waals surface area contributed by atoms with Crippen molar-refractivity contribution in [3.05, 3.63) is 95.6 Å². The van der Waals surface area contributed by atoms with Gasteiger partial charge < -0.3 is 9.47 Å². The number of pyridine rings is 2. The highest BCUT2D eigenvalue weighted by molar-refractivity contribution is 5.88. The Hall–Kier alpha value is -3.54. The van der Waals surface area contributed by atoms with Crippen LogP contribution in [0.2, 0.25) is 0 Å². The van der Waals surface area contributed by atoms with Gasteiger partial charge in [-0.05, 0) is 41.8 Å². The number of esters is 2. The minimum atomic E-state index is -0.558. The molecule has 29 heavy (non-hydrogen) atoms. The van der Waals surface area contributed by atoms with Gasteiger partial charge in [0.15, 0.2) is 0 Å². The molecule has 2 aromatic heterocycles. The van der Waals surface area contributed by atoms with Crippen LogP contribution < -0.4 is 0 Å². The summed E-state index contributed by atoms with van der Waals surface area (Å²) in [7, 11) is 0. The molecule has 1 fully saturated rings. The number of aromatic nitrogens is 2. The molecule has 0 aliphatic heterocycles. The molecule has 4 unspecified atom stereocenters. The molecule has 3 aromatic rings. The number of hydrogen-bond donors (Lipinski definition) is 0. The van der Waals surface area contributed by atoms with Crippen LogP contribution in [0.15, 0.2) is 73.1 Å². The Morgan fingerprint density at radius 3 is 1.55 bits per heavy atom. The summed E-state index contributed by atoms with van der Waals surface area (Å²) in [5.74, 6) is -1.05. The lowest BCUT2D eigenvalue weighted by Gasteiger charge is -2.31. The highest BCUT2D eigenvalue weighted by atomic mass is 16.6. The second kappa shape index (κ2) is 7.13. The van der Waals surface area contributed by atoms with Crippen molar-refractivity contribution in [1.29, 1.82) is 0 Å². The standard InChI is InChI=1S/C23H18N2O4/c26-22(18-9-3-5-11-24-18)28-20-16-13-17(15-8-2-1-7-14(15)16)21(20)29-23(27)19-10-4-6-12-25-19/h1-12,16-17,20-21H,13H2. The number of carbonyl (C=O) groups is 2. The average molecular weight is 386 g/mol. The molecule has 4 atom stereocenters. The zero-order chi connectivity index (χ0) is 19.8. The molecule has 2 bridgehead atoms. The molecule has 2 aliphatic carbocycles. The van der Waals surface area contributed by atoms with Crippen LogP contribution in [0.5, 0.6) is 0 Å². The van der Waals surface area contributed by atoms with E-state index in [9.17, 15) is 9.59 Å². The molecule has 1 aromatic carbocycles. The average Bonchev–Trinajstić information content (AvgIpc) is 3.32. The van der Waals surface area contributed by atoms with Gasteiger partial charge in [0.1, 0.15) is 23.6 Å². The van der Waals surface area contributed by atoms with Gasteiger partial charge in [-0.1, -0.05) is 36.4 Å². The molecule has 0 spiro atoms. The summed E-state index contributed by atoms with van der Waals surface area (Å²) in [5, 5.41) is 0. The van der Waals surface area contributed by atoms with Gasteiger partial charge in [0, 0.05) is 24.2 Å². The lowest BCUT2D eigenvalue weighted by Crippen LogP contribution is -2.39. The summed E-state index contributed by atoms with van der Waals surface area (Å²) < 4.78 is 11.7. The molecular formula is C23H18N2O4. The van der Waals surface area contributed by atoms with Crippen LogP contribution in [0.25, 0.3) is 0 Å². The van der Waals surface area contributed by atoms with E-state index in [1.165, 1.54) is 0 Å². The maximum atomic E-state index is 12.7. The fourth-order valence-corrected chi connectivity index (χ4v) is 4.43. The Bertz CT molecular complexity index is 970. The minimum Gasteiger partial charge on any atom is -0.453 e. The zero-order valence-electron chi connectivity index (χ0n) is 15.5. The topological polar surface area (TPSA) is 78.4 Å². The van der Waals surface area contributed by atoms with E-state index >= 15 is 0 Å². The summed E-state index contributed by atoms with van der Waals surface area (Å²) in [6.07, 6.45) is 2.75. The lowest BCUT2D eigenvalue weighted by molar-refractivity contribution is -0.0354. The number of hydrogen-bond acceptors (Lipinski definition) is 6. The summed E-state index contributed by atoms with van der Waals surface area (Å²) in [6.45, 7) is 0. The van der Waals surface area contributed by atoms with Crippen molar-refractivity contribution < 1.29 is 19.1 Å². The molecule has 2 aliphatic rings. The van der Waals surface area contributed by atoms with E-state index in [4.69, 9.17) is 9.47 Å². The Labute approximate surface area is 167 Å². The van der Waals surface area contributed by atoms with Crippen LogP contribution >= 0.6 is 0 Å². The number of benzene rings is 1. The van der Waals surface area contributed by atoms with Gasteiger partial charge in [-0.2, -0.15) is 0 Å². The van der Waals surface area contributed by atoms with Crippen LogP contribution in [-0.4, -0.2) is 34.1 Å². The van der Waals surface area contributed by atoms with Gasteiger partial charge >= 0.3 is 11.9 Å². The third-order valence-corrected chi connectivity index (χ3v) is 5.65. The van der Waals surface area contributed by atoms with Gasteiger partial charge in [-0.3, -0.25) is 0 Å². The van der Waals surface area contributed by atoms with Crippen LogP contribution in [0.4, 0.5) is 0 Å². The molecule has 0 amide bonds. The monoisotopic (exact) mass is 386 g/mol. The van der Waals surface area contributed by atoms with Crippen molar-refractivity contribution in [1.82, 2.24) is 9.97 Å². The molecule has 6 nitrogen and oxygen atoms in total. The Balaban J connectivity index is 1.44. The van der Waals surface area contributed by atoms with Crippen LogP contribution in [0, 0.1) is 0 Å². The van der Waals surface area contributed by atoms with Gasteiger partial charge in [0.25, 0.3) is 0 Å². The highest BCUT2D eigenvalue weighted by Gasteiger charge is 2.55. The van der Waals surface area contributed by atoms with E-state index in [0.717, 1.165) is 17.5 Å². The Morgan fingerprint density at radius 2 is 1.14 bits per heavy atom. The molecule has 0 N–H and O–H groups in total. The molecule has 0 radical (unpaired) electrons. The van der Waals surface area contributed by atoms with Crippen molar-refractivity contribution in [3.63, 3.8) is 0 Å². The second-order valence-electron chi connectivity index (χ2n) is 7.25. The normalized spacial score (nSPS) is 24.0. The van der Waals surface area contributed by atoms with Crippen molar-refractivity contribution >= 4 is 11.9 Å². The van der Waals surface area contributed by atoms with Gasteiger partial charge in [0.2, 0.25) is 0 Å². The smallest absolute Gasteiger partial charge is 0.357 e. The fraction of sp³-hybridized carbons (Fsp3) is 0.217. The molecule has 6 heteroatoms. The summed E-state index contributed by atoms with van der Waals surface area (Å²) in [5.41, 5.74) is 2.78.